The van der Waals surface area contributed by atoms with E-state index < -0.39 is 0 Å². The van der Waals surface area contributed by atoms with Crippen molar-refractivity contribution in [1.82, 2.24) is 10.2 Å². The SMILES string of the molecule is CN1CCN=C1NCC1(c2ccccc2Cl)CC1. The fourth-order valence-corrected chi connectivity index (χ4v) is 2.89. The Labute approximate surface area is 113 Å². The first-order chi connectivity index (χ1) is 8.71. The average molecular weight is 264 g/mol. The van der Waals surface area contributed by atoms with Crippen LogP contribution in [0.25, 0.3) is 0 Å². The Kier molecular flexibility index (Phi) is 2.94. The van der Waals surface area contributed by atoms with Crippen molar-refractivity contribution in [3.63, 3.8) is 0 Å². The number of rotatable bonds is 3. The van der Waals surface area contributed by atoms with Crippen molar-refractivity contribution in [2.45, 2.75) is 18.3 Å². The quantitative estimate of drug-likeness (QED) is 0.906. The summed E-state index contributed by atoms with van der Waals surface area (Å²) in [7, 11) is 2.08. The number of nitrogens with zero attached hydrogens (tertiary/aromatic N) is 2. The molecule has 0 radical (unpaired) electrons. The highest BCUT2D eigenvalue weighted by Crippen LogP contribution is 2.49. The molecule has 1 fully saturated rings. The minimum absolute atomic E-state index is 0.226. The number of nitrogens with one attached hydrogen (secondary N) is 1. The molecule has 0 unspecified atom stereocenters. The Bertz CT molecular complexity index is 480. The summed E-state index contributed by atoms with van der Waals surface area (Å²) in [4.78, 5) is 6.63. The third-order valence-electron chi connectivity index (χ3n) is 3.94. The van der Waals surface area contributed by atoms with Crippen LogP contribution in [0.1, 0.15) is 18.4 Å². The normalized spacial score (nSPS) is 20.8. The number of aliphatic imine (C=N–C) groups is 1. The van der Waals surface area contributed by atoms with Crippen molar-refractivity contribution in [2.75, 3.05) is 26.7 Å². The monoisotopic (exact) mass is 263 g/mol. The van der Waals surface area contributed by atoms with Crippen molar-refractivity contribution in [3.05, 3.63) is 34.9 Å². The molecule has 3 nitrogen and oxygen atoms in total. The van der Waals surface area contributed by atoms with Gasteiger partial charge in [0.05, 0.1) is 6.54 Å². The first kappa shape index (κ1) is 11.8. The molecule has 0 spiro atoms. The third kappa shape index (κ3) is 2.07. The maximum absolute atomic E-state index is 6.30. The highest BCUT2D eigenvalue weighted by atomic mass is 35.5. The molecule has 0 saturated heterocycles. The predicted molar refractivity (Wildman–Crippen MR) is 75.3 cm³/mol. The molecule has 0 atom stereocenters. The van der Waals surface area contributed by atoms with Gasteiger partial charge in [0.15, 0.2) is 5.96 Å². The fourth-order valence-electron chi connectivity index (χ4n) is 2.56. The minimum atomic E-state index is 0.226. The van der Waals surface area contributed by atoms with Crippen molar-refractivity contribution in [3.8, 4) is 0 Å². The molecule has 1 saturated carbocycles. The van der Waals surface area contributed by atoms with Crippen molar-refractivity contribution < 1.29 is 0 Å². The summed E-state index contributed by atoms with van der Waals surface area (Å²) < 4.78 is 0. The first-order valence-corrected chi connectivity index (χ1v) is 6.84. The van der Waals surface area contributed by atoms with Gasteiger partial charge in [-0.15, -0.1) is 0 Å². The second-order valence-corrected chi connectivity index (χ2v) is 5.65. The number of guanidine groups is 1. The number of likely N-dealkylation sites (N-methyl/N-ethyl adjacent to an activating group) is 1. The van der Waals surface area contributed by atoms with E-state index in [1.807, 2.05) is 12.1 Å². The van der Waals surface area contributed by atoms with Crippen molar-refractivity contribution in [1.29, 1.82) is 0 Å². The predicted octanol–water partition coefficient (Wildman–Crippen LogP) is 2.26. The van der Waals surface area contributed by atoms with Gasteiger partial charge < -0.3 is 10.2 Å². The molecule has 3 rings (SSSR count). The van der Waals surface area contributed by atoms with E-state index in [0.717, 1.165) is 30.6 Å². The topological polar surface area (TPSA) is 27.6 Å². The molecular weight excluding hydrogens is 246 g/mol. The molecule has 18 heavy (non-hydrogen) atoms. The summed E-state index contributed by atoms with van der Waals surface area (Å²) in [6, 6.07) is 8.19. The smallest absolute Gasteiger partial charge is 0.193 e. The molecule has 96 valence electrons. The molecule has 1 N–H and O–H groups in total. The summed E-state index contributed by atoms with van der Waals surface area (Å²) in [5, 5.41) is 4.36. The molecule has 1 aliphatic carbocycles. The zero-order valence-corrected chi connectivity index (χ0v) is 11.4. The largest absolute Gasteiger partial charge is 0.355 e. The molecule has 1 heterocycles. The van der Waals surface area contributed by atoms with Gasteiger partial charge >= 0.3 is 0 Å². The van der Waals surface area contributed by atoms with E-state index >= 15 is 0 Å². The molecular formula is C14H18ClN3. The first-order valence-electron chi connectivity index (χ1n) is 6.46. The highest BCUT2D eigenvalue weighted by Gasteiger charge is 2.45. The van der Waals surface area contributed by atoms with Gasteiger partial charge in [0.2, 0.25) is 0 Å². The van der Waals surface area contributed by atoms with E-state index in [-0.39, 0.29) is 5.41 Å². The molecule has 4 heteroatoms. The van der Waals surface area contributed by atoms with Crippen LogP contribution in [0.5, 0.6) is 0 Å². The Balaban J connectivity index is 1.71. The summed E-state index contributed by atoms with van der Waals surface area (Å²) >= 11 is 6.30. The zero-order valence-electron chi connectivity index (χ0n) is 10.6. The van der Waals surface area contributed by atoms with Crippen LogP contribution in [0.15, 0.2) is 29.3 Å². The number of halogens is 1. The van der Waals surface area contributed by atoms with E-state index in [0.29, 0.717) is 0 Å². The molecule has 1 aliphatic heterocycles. The molecule has 1 aromatic carbocycles. The second kappa shape index (κ2) is 4.47. The van der Waals surface area contributed by atoms with Crippen LogP contribution in [0.2, 0.25) is 5.02 Å². The Morgan fingerprint density at radius 1 is 1.39 bits per heavy atom. The van der Waals surface area contributed by atoms with Crippen LogP contribution in [0, 0.1) is 0 Å². The standard InChI is InChI=1S/C14H18ClN3/c1-18-9-8-16-13(18)17-10-14(6-7-14)11-4-2-3-5-12(11)15/h2-5H,6-10H2,1H3,(H,16,17). The lowest BCUT2D eigenvalue weighted by atomic mass is 9.96. The number of hydrogen-bond donors (Lipinski definition) is 1. The summed E-state index contributed by atoms with van der Waals surface area (Å²) in [5.41, 5.74) is 1.50. The number of benzene rings is 1. The van der Waals surface area contributed by atoms with Gasteiger partial charge in [0.1, 0.15) is 0 Å². The zero-order chi connectivity index (χ0) is 12.6. The molecule has 0 aromatic heterocycles. The highest BCUT2D eigenvalue weighted by molar-refractivity contribution is 6.31. The van der Waals surface area contributed by atoms with Crippen LogP contribution >= 0.6 is 11.6 Å². The summed E-state index contributed by atoms with van der Waals surface area (Å²) in [5.74, 6) is 1.02. The van der Waals surface area contributed by atoms with Crippen LogP contribution in [-0.4, -0.2) is 37.5 Å². The van der Waals surface area contributed by atoms with Gasteiger partial charge in [-0.3, -0.25) is 4.99 Å². The lowest BCUT2D eigenvalue weighted by Gasteiger charge is -2.21. The summed E-state index contributed by atoms with van der Waals surface area (Å²) in [6.45, 7) is 2.85. The van der Waals surface area contributed by atoms with Crippen molar-refractivity contribution in [2.24, 2.45) is 4.99 Å². The van der Waals surface area contributed by atoms with Gasteiger partial charge in [-0.25, -0.2) is 0 Å². The van der Waals surface area contributed by atoms with Crippen LogP contribution < -0.4 is 5.32 Å². The van der Waals surface area contributed by atoms with E-state index in [1.165, 1.54) is 18.4 Å². The maximum Gasteiger partial charge on any atom is 0.193 e. The van der Waals surface area contributed by atoms with Gasteiger partial charge in [0, 0.05) is 30.6 Å². The summed E-state index contributed by atoms with van der Waals surface area (Å²) in [6.07, 6.45) is 2.42. The lowest BCUT2D eigenvalue weighted by molar-refractivity contribution is 0.523. The average Bonchev–Trinajstić information content (AvgIpc) is 3.05. The second-order valence-electron chi connectivity index (χ2n) is 5.24. The minimum Gasteiger partial charge on any atom is -0.355 e. The van der Waals surface area contributed by atoms with E-state index in [9.17, 15) is 0 Å². The van der Waals surface area contributed by atoms with Crippen LogP contribution in [-0.2, 0) is 5.41 Å². The van der Waals surface area contributed by atoms with E-state index in [4.69, 9.17) is 11.6 Å². The third-order valence-corrected chi connectivity index (χ3v) is 4.27. The van der Waals surface area contributed by atoms with E-state index in [1.54, 1.807) is 0 Å². The Morgan fingerprint density at radius 2 is 2.17 bits per heavy atom. The van der Waals surface area contributed by atoms with Gasteiger partial charge in [-0.1, -0.05) is 29.8 Å². The van der Waals surface area contributed by atoms with Crippen LogP contribution in [0.4, 0.5) is 0 Å². The lowest BCUT2D eigenvalue weighted by Crippen LogP contribution is -2.39. The van der Waals surface area contributed by atoms with Gasteiger partial charge in [-0.05, 0) is 24.5 Å². The Hall–Kier alpha value is -1.22. The molecule has 1 aromatic rings. The van der Waals surface area contributed by atoms with E-state index in [2.05, 4.69) is 34.4 Å². The fraction of sp³-hybridized carbons (Fsp3) is 0.500. The molecule has 2 aliphatic rings. The van der Waals surface area contributed by atoms with Crippen LogP contribution in [0.3, 0.4) is 0 Å². The molecule has 0 amide bonds. The van der Waals surface area contributed by atoms with Gasteiger partial charge in [0.25, 0.3) is 0 Å². The molecule has 0 bridgehead atoms. The van der Waals surface area contributed by atoms with Crippen molar-refractivity contribution >= 4 is 17.6 Å². The van der Waals surface area contributed by atoms with Gasteiger partial charge in [-0.2, -0.15) is 0 Å². The Morgan fingerprint density at radius 3 is 2.78 bits per heavy atom. The maximum atomic E-state index is 6.30. The number of hydrogen-bond acceptors (Lipinski definition) is 3.